The third-order valence-electron chi connectivity index (χ3n) is 3.88. The fraction of sp³-hybridized carbons (Fsp3) is 0.158. The zero-order valence-electron chi connectivity index (χ0n) is 14.8. The molecule has 0 saturated carbocycles. The molecule has 1 N–H and O–H groups in total. The molecule has 0 bridgehead atoms. The van der Waals surface area contributed by atoms with Crippen LogP contribution in [0.4, 0.5) is 0 Å². The smallest absolute Gasteiger partial charge is 0.283 e. The van der Waals surface area contributed by atoms with Crippen LogP contribution in [-0.2, 0) is 4.79 Å². The zero-order valence-corrected chi connectivity index (χ0v) is 17.2. The fourth-order valence-electron chi connectivity index (χ4n) is 2.57. The number of hydrogen-bond acceptors (Lipinski definition) is 6. The Labute approximate surface area is 175 Å². The van der Waals surface area contributed by atoms with Crippen LogP contribution in [0.2, 0.25) is 5.02 Å². The number of nitrogens with one attached hydrogen (secondary N) is 1. The van der Waals surface area contributed by atoms with Gasteiger partial charge in [-0.15, -0.1) is 0 Å². The molecule has 9 heteroatoms. The lowest BCUT2D eigenvalue weighted by atomic mass is 10.1. The van der Waals surface area contributed by atoms with E-state index < -0.39 is 5.91 Å². The molecule has 2 aromatic rings. The minimum Gasteiger partial charge on any atom is -0.450 e. The van der Waals surface area contributed by atoms with Gasteiger partial charge in [-0.3, -0.25) is 10.2 Å². The summed E-state index contributed by atoms with van der Waals surface area (Å²) in [6.07, 6.45) is 3.27. The monoisotopic (exact) mass is 430 g/mol. The lowest BCUT2D eigenvalue weighted by Gasteiger charge is -2.19. The van der Waals surface area contributed by atoms with Gasteiger partial charge >= 0.3 is 0 Å². The molecule has 0 saturated heterocycles. The number of carbonyl (C=O) groups is 1. The summed E-state index contributed by atoms with van der Waals surface area (Å²) in [5.41, 5.74) is 0.156. The number of furan rings is 1. The van der Waals surface area contributed by atoms with Gasteiger partial charge in [0.2, 0.25) is 5.17 Å². The quantitative estimate of drug-likeness (QED) is 0.633. The number of carbonyl (C=O) groups excluding carboxylic acids is 1. The number of fused-ring (bicyclic) bond motifs is 1. The Kier molecular flexibility index (Phi) is 5.43. The molecule has 0 radical (unpaired) electrons. The predicted molar refractivity (Wildman–Crippen MR) is 114 cm³/mol. The Morgan fingerprint density at radius 3 is 2.82 bits per heavy atom. The normalized spacial score (nSPS) is 17.8. The molecule has 6 nitrogen and oxygen atoms in total. The average Bonchev–Trinajstić information content (AvgIpc) is 3.28. The highest BCUT2D eigenvalue weighted by molar-refractivity contribution is 8.26. The van der Waals surface area contributed by atoms with Crippen LogP contribution in [0.5, 0.6) is 0 Å². The minimum absolute atomic E-state index is 0.0110. The van der Waals surface area contributed by atoms with E-state index in [1.54, 1.807) is 6.07 Å². The molecular formula is C19H15ClN4O2S2. The van der Waals surface area contributed by atoms with Gasteiger partial charge in [0.05, 0.1) is 5.57 Å². The zero-order chi connectivity index (χ0) is 19.7. The van der Waals surface area contributed by atoms with Crippen LogP contribution in [-0.4, -0.2) is 27.0 Å². The summed E-state index contributed by atoms with van der Waals surface area (Å²) in [6, 6.07) is 11.0. The molecule has 0 aliphatic carbocycles. The number of nitrogens with zero attached hydrogens (tertiary/aromatic N) is 3. The highest BCUT2D eigenvalue weighted by Crippen LogP contribution is 2.32. The molecule has 142 valence electrons. The topological polar surface area (TPSA) is 82.0 Å². The van der Waals surface area contributed by atoms with Gasteiger partial charge in [0.25, 0.3) is 5.91 Å². The van der Waals surface area contributed by atoms with Gasteiger partial charge in [0, 0.05) is 9.92 Å². The summed E-state index contributed by atoms with van der Waals surface area (Å²) < 4.78 is 5.78. The molecule has 0 unspecified atom stereocenters. The van der Waals surface area contributed by atoms with E-state index in [-0.39, 0.29) is 11.4 Å². The van der Waals surface area contributed by atoms with E-state index in [0.717, 1.165) is 22.8 Å². The molecular weight excluding hydrogens is 416 g/mol. The van der Waals surface area contributed by atoms with Crippen molar-refractivity contribution in [2.24, 2.45) is 10.1 Å². The van der Waals surface area contributed by atoms with Crippen molar-refractivity contribution >= 4 is 63.2 Å². The fourth-order valence-corrected chi connectivity index (χ4v) is 4.47. The molecule has 1 aromatic carbocycles. The highest BCUT2D eigenvalue weighted by Gasteiger charge is 2.35. The number of aliphatic imine (C=N–C) groups is 1. The van der Waals surface area contributed by atoms with Gasteiger partial charge in [-0.1, -0.05) is 30.3 Å². The van der Waals surface area contributed by atoms with E-state index in [4.69, 9.17) is 21.4 Å². The van der Waals surface area contributed by atoms with Crippen LogP contribution in [0.25, 0.3) is 6.08 Å². The number of halogens is 1. The van der Waals surface area contributed by atoms with Gasteiger partial charge < -0.3 is 4.42 Å². The molecule has 28 heavy (non-hydrogen) atoms. The van der Waals surface area contributed by atoms with Crippen molar-refractivity contribution in [3.63, 3.8) is 0 Å². The Bertz CT molecular complexity index is 1040. The van der Waals surface area contributed by atoms with Crippen molar-refractivity contribution in [3.05, 3.63) is 52.8 Å². The standard InChI is InChI=1S/C19H15ClN4O2S2/c1-2-3-15-23-24-17(21)14(18(25)22-19(24)28-15)10-12-6-9-16(26-12)27-13-7-4-11(20)5-8-13/h4-10,21H,2-3H2,1H3/b14-10+,21-17?. The first kappa shape index (κ1) is 19.0. The van der Waals surface area contributed by atoms with Crippen LogP contribution in [0, 0.1) is 5.41 Å². The maximum atomic E-state index is 12.4. The van der Waals surface area contributed by atoms with Crippen molar-refractivity contribution in [2.45, 2.75) is 29.8 Å². The van der Waals surface area contributed by atoms with Crippen molar-refractivity contribution in [1.29, 1.82) is 5.41 Å². The molecule has 0 spiro atoms. The molecule has 1 aromatic heterocycles. The maximum absolute atomic E-state index is 12.4. The molecule has 4 rings (SSSR count). The largest absolute Gasteiger partial charge is 0.450 e. The van der Waals surface area contributed by atoms with Crippen LogP contribution in [0.15, 0.2) is 66.5 Å². The summed E-state index contributed by atoms with van der Waals surface area (Å²) in [5, 5.41) is 16.8. The number of rotatable bonds is 5. The van der Waals surface area contributed by atoms with Gasteiger partial charge in [-0.25, -0.2) is 0 Å². The van der Waals surface area contributed by atoms with Crippen LogP contribution >= 0.6 is 35.1 Å². The predicted octanol–water partition coefficient (Wildman–Crippen LogP) is 5.50. The number of thioether (sulfide) groups is 1. The van der Waals surface area contributed by atoms with E-state index in [2.05, 4.69) is 17.0 Å². The second-order valence-corrected chi connectivity index (χ2v) is 8.53. The number of hydrazone groups is 1. The van der Waals surface area contributed by atoms with Crippen LogP contribution in [0.3, 0.4) is 0 Å². The summed E-state index contributed by atoms with van der Waals surface area (Å²) in [6.45, 7) is 2.06. The SMILES string of the molecule is CCCC1=NN2C(=N)/C(=C\c3ccc(Sc4ccc(Cl)cc4)o3)C(=O)N=C2S1. The Balaban J connectivity index is 1.54. The third-order valence-corrected chi connectivity index (χ3v) is 6.03. The summed E-state index contributed by atoms with van der Waals surface area (Å²) in [5.74, 6) is 0.0322. The highest BCUT2D eigenvalue weighted by atomic mass is 35.5. The Hall–Kier alpha value is -2.29. The molecule has 2 aliphatic rings. The van der Waals surface area contributed by atoms with Crippen LogP contribution in [0.1, 0.15) is 25.5 Å². The first-order valence-corrected chi connectivity index (χ1v) is 10.6. The number of amidine groups is 2. The number of hydrogen-bond donors (Lipinski definition) is 1. The van der Waals surface area contributed by atoms with Gasteiger partial charge in [0.15, 0.2) is 10.9 Å². The van der Waals surface area contributed by atoms with Crippen molar-refractivity contribution in [3.8, 4) is 0 Å². The van der Waals surface area contributed by atoms with Crippen molar-refractivity contribution in [2.75, 3.05) is 0 Å². The first-order chi connectivity index (χ1) is 13.5. The second kappa shape index (κ2) is 7.98. The average molecular weight is 431 g/mol. The van der Waals surface area contributed by atoms with Crippen molar-refractivity contribution in [1.82, 2.24) is 5.01 Å². The molecule has 1 amide bonds. The second-order valence-electron chi connectivity index (χ2n) is 5.98. The Morgan fingerprint density at radius 2 is 2.07 bits per heavy atom. The number of amides is 1. The minimum atomic E-state index is -0.458. The summed E-state index contributed by atoms with van der Waals surface area (Å²) in [4.78, 5) is 17.5. The van der Waals surface area contributed by atoms with Gasteiger partial charge in [-0.2, -0.15) is 15.1 Å². The maximum Gasteiger partial charge on any atom is 0.283 e. The van der Waals surface area contributed by atoms with Crippen LogP contribution < -0.4 is 0 Å². The van der Waals surface area contributed by atoms with E-state index in [1.807, 2.05) is 30.3 Å². The van der Waals surface area contributed by atoms with Gasteiger partial charge in [-0.05, 0) is 67.1 Å². The van der Waals surface area contributed by atoms with E-state index in [9.17, 15) is 4.79 Å². The van der Waals surface area contributed by atoms with E-state index in [0.29, 0.717) is 21.0 Å². The number of benzene rings is 1. The third kappa shape index (κ3) is 3.94. The van der Waals surface area contributed by atoms with E-state index >= 15 is 0 Å². The lowest BCUT2D eigenvalue weighted by Crippen LogP contribution is -2.35. The Morgan fingerprint density at radius 1 is 1.29 bits per heavy atom. The molecule has 2 aliphatic heterocycles. The summed E-state index contributed by atoms with van der Waals surface area (Å²) in [7, 11) is 0. The summed E-state index contributed by atoms with van der Waals surface area (Å²) >= 11 is 8.69. The van der Waals surface area contributed by atoms with Crippen molar-refractivity contribution < 1.29 is 9.21 Å². The lowest BCUT2D eigenvalue weighted by molar-refractivity contribution is -0.114. The molecule has 0 atom stereocenters. The van der Waals surface area contributed by atoms with E-state index in [1.165, 1.54) is 34.6 Å². The van der Waals surface area contributed by atoms with Gasteiger partial charge in [0.1, 0.15) is 10.8 Å². The molecule has 3 heterocycles. The first-order valence-electron chi connectivity index (χ1n) is 8.56. The molecule has 0 fully saturated rings.